The smallest absolute Gasteiger partial charge is 0.321 e. The number of urea groups is 1. The van der Waals surface area contributed by atoms with Crippen LogP contribution in [0.4, 0.5) is 25.0 Å². The molecule has 2 N–H and O–H groups in total. The monoisotopic (exact) mass is 451 g/mol. The minimum Gasteiger partial charge on any atom is -0.325 e. The van der Waals surface area contributed by atoms with E-state index in [1.54, 1.807) is 29.2 Å². The molecule has 0 radical (unpaired) electrons. The van der Waals surface area contributed by atoms with Crippen LogP contribution >= 0.6 is 0 Å². The Bertz CT molecular complexity index is 1230. The molecular formula is C24H23F2N5O2. The number of amides is 3. The summed E-state index contributed by atoms with van der Waals surface area (Å²) in [6.45, 7) is 1.43. The average molecular weight is 451 g/mol. The Balaban J connectivity index is 1.41. The van der Waals surface area contributed by atoms with Gasteiger partial charge in [-0.2, -0.15) is 5.10 Å². The number of benzene rings is 2. The van der Waals surface area contributed by atoms with E-state index in [1.165, 1.54) is 10.7 Å². The lowest BCUT2D eigenvalue weighted by molar-refractivity contribution is 0.102. The molecule has 0 unspecified atom stereocenters. The number of anilines is 2. The second-order valence-corrected chi connectivity index (χ2v) is 8.26. The highest BCUT2D eigenvalue weighted by Crippen LogP contribution is 2.30. The zero-order chi connectivity index (χ0) is 22.9. The van der Waals surface area contributed by atoms with Crippen LogP contribution in [0.5, 0.6) is 0 Å². The molecule has 1 saturated heterocycles. The highest BCUT2D eigenvalue weighted by molar-refractivity contribution is 6.07. The first-order valence-corrected chi connectivity index (χ1v) is 11.0. The van der Waals surface area contributed by atoms with Crippen molar-refractivity contribution in [2.24, 2.45) is 0 Å². The first kappa shape index (κ1) is 21.1. The maximum Gasteiger partial charge on any atom is 0.321 e. The molecule has 3 aromatic rings. The molecule has 2 heterocycles. The molecule has 9 heteroatoms. The lowest BCUT2D eigenvalue weighted by Crippen LogP contribution is -2.32. The summed E-state index contributed by atoms with van der Waals surface area (Å²) in [5.41, 5.74) is 3.19. The Hall–Kier alpha value is -3.75. The number of aromatic nitrogens is 2. The van der Waals surface area contributed by atoms with Gasteiger partial charge in [-0.1, -0.05) is 12.1 Å². The zero-order valence-corrected chi connectivity index (χ0v) is 17.9. The van der Waals surface area contributed by atoms with E-state index in [0.29, 0.717) is 43.0 Å². The quantitative estimate of drug-likeness (QED) is 0.612. The summed E-state index contributed by atoms with van der Waals surface area (Å²) in [6.07, 6.45) is 4.18. The van der Waals surface area contributed by atoms with E-state index in [1.807, 2.05) is 0 Å². The van der Waals surface area contributed by atoms with Gasteiger partial charge in [0.15, 0.2) is 17.3 Å². The predicted molar refractivity (Wildman–Crippen MR) is 120 cm³/mol. The fourth-order valence-corrected chi connectivity index (χ4v) is 4.45. The average Bonchev–Trinajstić information content (AvgIpc) is 3.55. The topological polar surface area (TPSA) is 79.3 Å². The van der Waals surface area contributed by atoms with Crippen molar-refractivity contribution >= 4 is 23.3 Å². The molecule has 1 aliphatic carbocycles. The van der Waals surface area contributed by atoms with Gasteiger partial charge in [0.25, 0.3) is 5.91 Å². The number of para-hydroxylation sites is 2. The Labute approximate surface area is 189 Å². The molecule has 0 bridgehead atoms. The molecule has 0 spiro atoms. The molecule has 1 aliphatic heterocycles. The van der Waals surface area contributed by atoms with E-state index in [0.717, 1.165) is 42.7 Å². The van der Waals surface area contributed by atoms with Crippen LogP contribution in [-0.2, 0) is 12.8 Å². The molecule has 33 heavy (non-hydrogen) atoms. The van der Waals surface area contributed by atoms with Crippen molar-refractivity contribution in [2.45, 2.75) is 32.1 Å². The van der Waals surface area contributed by atoms with Crippen LogP contribution in [0.15, 0.2) is 42.5 Å². The summed E-state index contributed by atoms with van der Waals surface area (Å²) in [6, 6.07) is 10.4. The molecule has 1 aromatic heterocycles. The van der Waals surface area contributed by atoms with Crippen LogP contribution in [0.1, 0.15) is 41.0 Å². The number of likely N-dealkylation sites (tertiary alicyclic amines) is 1. The van der Waals surface area contributed by atoms with E-state index in [-0.39, 0.29) is 11.7 Å². The molecule has 0 saturated carbocycles. The van der Waals surface area contributed by atoms with E-state index < -0.39 is 17.5 Å². The summed E-state index contributed by atoms with van der Waals surface area (Å²) in [7, 11) is 0. The van der Waals surface area contributed by atoms with Crippen LogP contribution in [-0.4, -0.2) is 39.7 Å². The molecule has 7 nitrogen and oxygen atoms in total. The third-order valence-corrected chi connectivity index (χ3v) is 6.10. The van der Waals surface area contributed by atoms with Gasteiger partial charge in [-0.3, -0.25) is 4.79 Å². The Morgan fingerprint density at radius 2 is 1.61 bits per heavy atom. The van der Waals surface area contributed by atoms with E-state index in [4.69, 9.17) is 0 Å². The summed E-state index contributed by atoms with van der Waals surface area (Å²) in [5, 5.41) is 10.2. The van der Waals surface area contributed by atoms with Gasteiger partial charge < -0.3 is 15.5 Å². The number of hydrogen-bond acceptors (Lipinski definition) is 3. The Kier molecular flexibility index (Phi) is 5.53. The van der Waals surface area contributed by atoms with Gasteiger partial charge in [0.05, 0.1) is 17.1 Å². The van der Waals surface area contributed by atoms with Crippen molar-refractivity contribution in [2.75, 3.05) is 23.7 Å². The fraction of sp³-hybridized carbons (Fsp3) is 0.292. The molecule has 0 atom stereocenters. The van der Waals surface area contributed by atoms with Gasteiger partial charge in [-0.25, -0.2) is 18.3 Å². The third-order valence-electron chi connectivity index (χ3n) is 6.10. The Morgan fingerprint density at radius 1 is 0.879 bits per heavy atom. The number of fused-ring (bicyclic) bond motifs is 1. The van der Waals surface area contributed by atoms with Gasteiger partial charge >= 0.3 is 6.03 Å². The molecular weight excluding hydrogens is 428 g/mol. The van der Waals surface area contributed by atoms with Gasteiger partial charge in [-0.05, 0) is 56.4 Å². The lowest BCUT2D eigenvalue weighted by atomic mass is 10.2. The summed E-state index contributed by atoms with van der Waals surface area (Å²) < 4.78 is 28.7. The van der Waals surface area contributed by atoms with Gasteiger partial charge in [-0.15, -0.1) is 0 Å². The molecule has 2 aromatic carbocycles. The Morgan fingerprint density at radius 3 is 2.33 bits per heavy atom. The van der Waals surface area contributed by atoms with Crippen molar-refractivity contribution < 1.29 is 18.4 Å². The standard InChI is InChI=1S/C24H23F2N5O2/c25-17-11-10-15(14-18(17)26)31-21-9-5-6-16(21)22(29-31)23(32)27-19-7-1-2-8-20(19)28-24(33)30-12-3-4-13-30/h1-2,7-8,10-11,14H,3-6,9,12-13H2,(H,27,32)(H,28,33). The normalized spacial score (nSPS) is 14.9. The molecule has 2 aliphatic rings. The number of carbonyl (C=O) groups excluding carboxylic acids is 2. The van der Waals surface area contributed by atoms with Gasteiger partial charge in [0.2, 0.25) is 0 Å². The number of halogens is 2. The molecule has 1 fully saturated rings. The van der Waals surface area contributed by atoms with Crippen molar-refractivity contribution in [1.82, 2.24) is 14.7 Å². The van der Waals surface area contributed by atoms with Crippen molar-refractivity contribution in [3.63, 3.8) is 0 Å². The minimum absolute atomic E-state index is 0.197. The van der Waals surface area contributed by atoms with Crippen molar-refractivity contribution in [3.8, 4) is 5.69 Å². The predicted octanol–water partition coefficient (Wildman–Crippen LogP) is 4.52. The van der Waals surface area contributed by atoms with E-state index in [2.05, 4.69) is 15.7 Å². The van der Waals surface area contributed by atoms with Crippen LogP contribution in [0.25, 0.3) is 5.69 Å². The first-order chi connectivity index (χ1) is 16.0. The highest BCUT2D eigenvalue weighted by Gasteiger charge is 2.28. The minimum atomic E-state index is -0.969. The lowest BCUT2D eigenvalue weighted by Gasteiger charge is -2.18. The largest absolute Gasteiger partial charge is 0.325 e. The van der Waals surface area contributed by atoms with Crippen molar-refractivity contribution in [3.05, 3.63) is 71.1 Å². The van der Waals surface area contributed by atoms with Gasteiger partial charge in [0, 0.05) is 30.4 Å². The SMILES string of the molecule is O=C(Nc1ccccc1NC(=O)N1CCCC1)c1nn(-c2ccc(F)c(F)c2)c2c1CCC2. The van der Waals surface area contributed by atoms with E-state index in [9.17, 15) is 18.4 Å². The number of rotatable bonds is 4. The summed E-state index contributed by atoms with van der Waals surface area (Å²) in [5.74, 6) is -2.33. The first-order valence-electron chi connectivity index (χ1n) is 11.0. The van der Waals surface area contributed by atoms with Crippen LogP contribution < -0.4 is 10.6 Å². The van der Waals surface area contributed by atoms with Crippen LogP contribution in [0.3, 0.4) is 0 Å². The summed E-state index contributed by atoms with van der Waals surface area (Å²) >= 11 is 0. The maximum atomic E-state index is 13.8. The zero-order valence-electron chi connectivity index (χ0n) is 17.9. The number of hydrogen-bond donors (Lipinski definition) is 2. The fourth-order valence-electron chi connectivity index (χ4n) is 4.45. The highest BCUT2D eigenvalue weighted by atomic mass is 19.2. The molecule has 3 amide bonds. The number of nitrogens with one attached hydrogen (secondary N) is 2. The van der Waals surface area contributed by atoms with Gasteiger partial charge in [0.1, 0.15) is 0 Å². The maximum absolute atomic E-state index is 13.8. The molecule has 5 rings (SSSR count). The number of carbonyl (C=O) groups is 2. The molecule has 170 valence electrons. The number of nitrogens with zero attached hydrogens (tertiary/aromatic N) is 3. The second kappa shape index (κ2) is 8.65. The van der Waals surface area contributed by atoms with E-state index >= 15 is 0 Å². The van der Waals surface area contributed by atoms with Crippen LogP contribution in [0, 0.1) is 11.6 Å². The summed E-state index contributed by atoms with van der Waals surface area (Å²) in [4.78, 5) is 27.5. The van der Waals surface area contributed by atoms with Crippen molar-refractivity contribution in [1.29, 1.82) is 0 Å². The van der Waals surface area contributed by atoms with Crippen LogP contribution in [0.2, 0.25) is 0 Å². The third kappa shape index (κ3) is 4.06. The second-order valence-electron chi connectivity index (χ2n) is 8.26.